The zero-order chi connectivity index (χ0) is 19.3. The summed E-state index contributed by atoms with van der Waals surface area (Å²) in [4.78, 5) is 35.2. The number of carboxylic acid groups (broad SMARTS) is 3. The summed E-state index contributed by atoms with van der Waals surface area (Å²) in [5.74, 6) is -3.69. The minimum Gasteiger partial charge on any atom is -0.480 e. The number of hydrogen-bond donors (Lipinski definition) is 3. The van der Waals surface area contributed by atoms with Gasteiger partial charge in [0.2, 0.25) is 0 Å². The van der Waals surface area contributed by atoms with Crippen molar-refractivity contribution < 1.29 is 29.7 Å². The van der Waals surface area contributed by atoms with E-state index in [-0.39, 0.29) is 24.2 Å². The van der Waals surface area contributed by atoms with Crippen LogP contribution in [-0.4, -0.2) is 44.7 Å². The summed E-state index contributed by atoms with van der Waals surface area (Å²) in [6.07, 6.45) is 0. The Labute approximate surface area is 157 Å². The standard InChI is InChI=1S/C18H16BrNO6/c19-13-3-1-2-11(6-13)8-20(10-16(21)22)9-12-4-5-14(17(23)24)15(7-12)18(25)26/h1-7H,8-10H2,(H,21,22)(H,23,24)(H,25,26). The largest absolute Gasteiger partial charge is 0.480 e. The molecule has 0 saturated carbocycles. The number of aromatic carboxylic acids is 2. The second-order valence-electron chi connectivity index (χ2n) is 5.66. The number of benzene rings is 2. The van der Waals surface area contributed by atoms with E-state index in [1.807, 2.05) is 24.3 Å². The van der Waals surface area contributed by atoms with Gasteiger partial charge < -0.3 is 15.3 Å². The zero-order valence-electron chi connectivity index (χ0n) is 13.6. The molecule has 0 aliphatic carbocycles. The average Bonchev–Trinajstić information content (AvgIpc) is 2.53. The molecule has 7 nitrogen and oxygen atoms in total. The SMILES string of the molecule is O=C(O)CN(Cc1cccc(Br)c1)Cc1ccc(C(=O)O)c(C(=O)O)c1. The number of halogens is 1. The molecule has 136 valence electrons. The smallest absolute Gasteiger partial charge is 0.336 e. The molecule has 0 bridgehead atoms. The van der Waals surface area contributed by atoms with E-state index in [9.17, 15) is 19.5 Å². The van der Waals surface area contributed by atoms with Crippen molar-refractivity contribution in [2.75, 3.05) is 6.54 Å². The Morgan fingerprint density at radius 3 is 2.00 bits per heavy atom. The third-order valence-electron chi connectivity index (χ3n) is 3.61. The summed E-state index contributed by atoms with van der Waals surface area (Å²) in [5.41, 5.74) is 0.774. The van der Waals surface area contributed by atoms with E-state index >= 15 is 0 Å². The van der Waals surface area contributed by atoms with Gasteiger partial charge in [0.1, 0.15) is 0 Å². The van der Waals surface area contributed by atoms with Gasteiger partial charge in [0, 0.05) is 17.6 Å². The summed E-state index contributed by atoms with van der Waals surface area (Å²) in [6, 6.07) is 11.4. The van der Waals surface area contributed by atoms with Gasteiger partial charge in [-0.2, -0.15) is 0 Å². The van der Waals surface area contributed by atoms with Crippen LogP contribution >= 0.6 is 15.9 Å². The van der Waals surface area contributed by atoms with Crippen molar-refractivity contribution in [1.82, 2.24) is 4.90 Å². The van der Waals surface area contributed by atoms with Crippen LogP contribution in [0.5, 0.6) is 0 Å². The minimum atomic E-state index is -1.35. The fraction of sp³-hybridized carbons (Fsp3) is 0.167. The highest BCUT2D eigenvalue weighted by atomic mass is 79.9. The number of nitrogens with zero attached hydrogens (tertiary/aromatic N) is 1. The van der Waals surface area contributed by atoms with Gasteiger partial charge in [0.25, 0.3) is 0 Å². The number of aliphatic carboxylic acids is 1. The molecular weight excluding hydrogens is 406 g/mol. The van der Waals surface area contributed by atoms with E-state index in [0.717, 1.165) is 10.0 Å². The first-order chi connectivity index (χ1) is 12.3. The van der Waals surface area contributed by atoms with Crippen LogP contribution in [0.4, 0.5) is 0 Å². The molecule has 0 aliphatic heterocycles. The van der Waals surface area contributed by atoms with Crippen LogP contribution in [0.2, 0.25) is 0 Å². The summed E-state index contributed by atoms with van der Waals surface area (Å²) in [6.45, 7) is 0.267. The van der Waals surface area contributed by atoms with E-state index in [1.54, 1.807) is 4.90 Å². The van der Waals surface area contributed by atoms with Crippen molar-refractivity contribution in [1.29, 1.82) is 0 Å². The second kappa shape index (κ2) is 8.59. The molecular formula is C18H16BrNO6. The summed E-state index contributed by atoms with van der Waals surface area (Å²) >= 11 is 3.36. The number of carboxylic acids is 3. The molecule has 0 spiro atoms. The lowest BCUT2D eigenvalue weighted by Gasteiger charge is -2.21. The Hall–Kier alpha value is -2.71. The van der Waals surface area contributed by atoms with Crippen LogP contribution in [-0.2, 0) is 17.9 Å². The van der Waals surface area contributed by atoms with Gasteiger partial charge in [-0.25, -0.2) is 9.59 Å². The van der Waals surface area contributed by atoms with Crippen LogP contribution in [0.3, 0.4) is 0 Å². The highest BCUT2D eigenvalue weighted by Gasteiger charge is 2.18. The monoisotopic (exact) mass is 421 g/mol. The van der Waals surface area contributed by atoms with Crippen molar-refractivity contribution in [2.45, 2.75) is 13.1 Å². The fourth-order valence-electron chi connectivity index (χ4n) is 2.56. The van der Waals surface area contributed by atoms with Gasteiger partial charge in [-0.15, -0.1) is 0 Å². The Kier molecular flexibility index (Phi) is 6.48. The highest BCUT2D eigenvalue weighted by molar-refractivity contribution is 9.10. The average molecular weight is 422 g/mol. The van der Waals surface area contributed by atoms with Crippen molar-refractivity contribution in [2.24, 2.45) is 0 Å². The van der Waals surface area contributed by atoms with Crippen LogP contribution < -0.4 is 0 Å². The van der Waals surface area contributed by atoms with Crippen LogP contribution in [0.25, 0.3) is 0 Å². The lowest BCUT2D eigenvalue weighted by atomic mass is 10.0. The number of rotatable bonds is 8. The molecule has 0 atom stereocenters. The Bertz CT molecular complexity index is 851. The third-order valence-corrected chi connectivity index (χ3v) is 4.10. The molecule has 2 aromatic carbocycles. The molecule has 2 rings (SSSR count). The van der Waals surface area contributed by atoms with Crippen molar-refractivity contribution in [3.8, 4) is 0 Å². The Morgan fingerprint density at radius 2 is 1.46 bits per heavy atom. The lowest BCUT2D eigenvalue weighted by molar-refractivity contribution is -0.138. The van der Waals surface area contributed by atoms with E-state index in [1.165, 1.54) is 18.2 Å². The first-order valence-electron chi connectivity index (χ1n) is 7.54. The molecule has 2 aromatic rings. The molecule has 0 aliphatic rings. The van der Waals surface area contributed by atoms with Crippen molar-refractivity contribution in [3.05, 3.63) is 69.2 Å². The molecule has 0 fully saturated rings. The zero-order valence-corrected chi connectivity index (χ0v) is 15.1. The molecule has 0 amide bonds. The molecule has 0 heterocycles. The third kappa shape index (κ3) is 5.40. The molecule has 0 unspecified atom stereocenters. The predicted molar refractivity (Wildman–Crippen MR) is 96.3 cm³/mol. The fourth-order valence-corrected chi connectivity index (χ4v) is 3.01. The van der Waals surface area contributed by atoms with Crippen molar-refractivity contribution in [3.63, 3.8) is 0 Å². The second-order valence-corrected chi connectivity index (χ2v) is 6.57. The van der Waals surface area contributed by atoms with Crippen molar-refractivity contribution >= 4 is 33.8 Å². The number of carbonyl (C=O) groups is 3. The molecule has 0 aromatic heterocycles. The van der Waals surface area contributed by atoms with Gasteiger partial charge >= 0.3 is 17.9 Å². The topological polar surface area (TPSA) is 115 Å². The lowest BCUT2D eigenvalue weighted by Crippen LogP contribution is -2.29. The molecule has 26 heavy (non-hydrogen) atoms. The Morgan fingerprint density at radius 1 is 0.846 bits per heavy atom. The van der Waals surface area contributed by atoms with Gasteiger partial charge in [0.05, 0.1) is 17.7 Å². The molecule has 0 radical (unpaired) electrons. The predicted octanol–water partition coefficient (Wildman–Crippen LogP) is 2.93. The minimum absolute atomic E-state index is 0.166. The maximum absolute atomic E-state index is 11.3. The summed E-state index contributed by atoms with van der Waals surface area (Å²) in [5, 5.41) is 27.4. The number of hydrogen-bond acceptors (Lipinski definition) is 4. The quantitative estimate of drug-likeness (QED) is 0.599. The highest BCUT2D eigenvalue weighted by Crippen LogP contribution is 2.17. The van der Waals surface area contributed by atoms with Gasteiger partial charge in [-0.05, 0) is 35.4 Å². The first-order valence-corrected chi connectivity index (χ1v) is 8.33. The van der Waals surface area contributed by atoms with Crippen LogP contribution in [0.15, 0.2) is 46.9 Å². The van der Waals surface area contributed by atoms with E-state index in [2.05, 4.69) is 15.9 Å². The molecule has 3 N–H and O–H groups in total. The molecule has 0 saturated heterocycles. The summed E-state index contributed by atoms with van der Waals surface area (Å²) in [7, 11) is 0. The van der Waals surface area contributed by atoms with Crippen LogP contribution in [0, 0.1) is 0 Å². The van der Waals surface area contributed by atoms with Gasteiger partial charge in [-0.1, -0.05) is 34.1 Å². The first kappa shape index (κ1) is 19.6. The van der Waals surface area contributed by atoms with Crippen LogP contribution in [0.1, 0.15) is 31.8 Å². The summed E-state index contributed by atoms with van der Waals surface area (Å²) < 4.78 is 0.865. The maximum atomic E-state index is 11.3. The Balaban J connectivity index is 2.27. The van der Waals surface area contributed by atoms with Gasteiger partial charge in [0.15, 0.2) is 0 Å². The van der Waals surface area contributed by atoms with E-state index in [0.29, 0.717) is 12.1 Å². The van der Waals surface area contributed by atoms with Gasteiger partial charge in [-0.3, -0.25) is 9.69 Å². The van der Waals surface area contributed by atoms with E-state index < -0.39 is 17.9 Å². The van der Waals surface area contributed by atoms with E-state index in [4.69, 9.17) is 10.2 Å². The molecule has 8 heteroatoms. The maximum Gasteiger partial charge on any atom is 0.336 e. The normalized spacial score (nSPS) is 10.7.